The maximum absolute atomic E-state index is 6.35. The Hall–Kier alpha value is -1.51. The van der Waals surface area contributed by atoms with Crippen molar-refractivity contribution in [1.82, 2.24) is 0 Å². The summed E-state index contributed by atoms with van der Waals surface area (Å²) in [6.07, 6.45) is 0. The number of methoxy groups -OCH3 is 1. The SMILES string of the molecule is COc1cccc2c1-c1c(Cl)cccc1C2CN. The van der Waals surface area contributed by atoms with Crippen molar-refractivity contribution in [3.8, 4) is 16.9 Å². The van der Waals surface area contributed by atoms with Gasteiger partial charge in [-0.2, -0.15) is 0 Å². The van der Waals surface area contributed by atoms with Gasteiger partial charge in [-0.05, 0) is 23.3 Å². The van der Waals surface area contributed by atoms with E-state index in [2.05, 4.69) is 12.1 Å². The smallest absolute Gasteiger partial charge is 0.127 e. The lowest BCUT2D eigenvalue weighted by molar-refractivity contribution is 0.416. The van der Waals surface area contributed by atoms with E-state index in [1.807, 2.05) is 24.3 Å². The zero-order chi connectivity index (χ0) is 12.7. The third-order valence-corrected chi connectivity index (χ3v) is 3.88. The molecule has 2 N–H and O–H groups in total. The standard InChI is InChI=1S/C15H14ClNO/c1-18-13-7-3-5-10-11(8-17)9-4-2-6-12(16)14(9)15(10)13/h2-7,11H,8,17H2,1H3. The van der Waals surface area contributed by atoms with Gasteiger partial charge in [0.15, 0.2) is 0 Å². The number of hydrogen-bond acceptors (Lipinski definition) is 2. The summed E-state index contributed by atoms with van der Waals surface area (Å²) in [5.74, 6) is 1.07. The fraction of sp³-hybridized carbons (Fsp3) is 0.200. The third kappa shape index (κ3) is 1.46. The Labute approximate surface area is 111 Å². The summed E-state index contributed by atoms with van der Waals surface area (Å²) in [6.45, 7) is 0.577. The second kappa shape index (κ2) is 4.30. The van der Waals surface area contributed by atoms with Crippen LogP contribution >= 0.6 is 11.6 Å². The fourth-order valence-corrected chi connectivity index (χ4v) is 3.07. The Balaban J connectivity index is 2.37. The van der Waals surface area contributed by atoms with Crippen molar-refractivity contribution >= 4 is 11.6 Å². The number of nitrogens with two attached hydrogens (primary N) is 1. The quantitative estimate of drug-likeness (QED) is 0.897. The first-order valence-corrected chi connectivity index (χ1v) is 6.31. The largest absolute Gasteiger partial charge is 0.496 e. The third-order valence-electron chi connectivity index (χ3n) is 3.56. The van der Waals surface area contributed by atoms with Gasteiger partial charge < -0.3 is 10.5 Å². The summed E-state index contributed by atoms with van der Waals surface area (Å²) in [7, 11) is 1.68. The molecule has 0 saturated heterocycles. The molecule has 0 heterocycles. The molecule has 2 nitrogen and oxygen atoms in total. The normalized spacial score (nSPS) is 16.3. The number of halogens is 1. The van der Waals surface area contributed by atoms with Crippen molar-refractivity contribution in [1.29, 1.82) is 0 Å². The molecule has 3 heteroatoms. The molecular formula is C15H14ClNO. The zero-order valence-corrected chi connectivity index (χ0v) is 10.9. The molecule has 1 atom stereocenters. The van der Waals surface area contributed by atoms with E-state index in [0.29, 0.717) is 6.54 Å². The molecule has 1 aliphatic rings. The lowest BCUT2D eigenvalue weighted by Gasteiger charge is -2.10. The molecule has 3 rings (SSSR count). The number of ether oxygens (including phenoxy) is 1. The number of fused-ring (bicyclic) bond motifs is 3. The van der Waals surface area contributed by atoms with Crippen LogP contribution in [0.4, 0.5) is 0 Å². The Morgan fingerprint density at radius 2 is 1.78 bits per heavy atom. The van der Waals surface area contributed by atoms with Gasteiger partial charge in [-0.25, -0.2) is 0 Å². The lowest BCUT2D eigenvalue weighted by Crippen LogP contribution is -2.11. The van der Waals surface area contributed by atoms with Gasteiger partial charge in [0.2, 0.25) is 0 Å². The van der Waals surface area contributed by atoms with Crippen LogP contribution in [0.2, 0.25) is 5.02 Å². The molecule has 0 bridgehead atoms. The van der Waals surface area contributed by atoms with E-state index in [0.717, 1.165) is 21.9 Å². The summed E-state index contributed by atoms with van der Waals surface area (Å²) in [6, 6.07) is 12.0. The molecule has 0 aromatic heterocycles. The van der Waals surface area contributed by atoms with Gasteiger partial charge >= 0.3 is 0 Å². The van der Waals surface area contributed by atoms with Crippen LogP contribution < -0.4 is 10.5 Å². The van der Waals surface area contributed by atoms with Gasteiger partial charge in [0.25, 0.3) is 0 Å². The molecule has 1 unspecified atom stereocenters. The Bertz CT molecular complexity index is 609. The van der Waals surface area contributed by atoms with Crippen LogP contribution in [-0.2, 0) is 0 Å². The fourth-order valence-electron chi connectivity index (χ4n) is 2.79. The molecule has 1 aliphatic carbocycles. The molecule has 0 radical (unpaired) electrons. The molecule has 0 spiro atoms. The van der Waals surface area contributed by atoms with E-state index in [9.17, 15) is 0 Å². The minimum Gasteiger partial charge on any atom is -0.496 e. The van der Waals surface area contributed by atoms with Gasteiger partial charge in [-0.3, -0.25) is 0 Å². The summed E-state index contributed by atoms with van der Waals surface area (Å²) in [4.78, 5) is 0. The first-order valence-electron chi connectivity index (χ1n) is 5.93. The van der Waals surface area contributed by atoms with Crippen molar-refractivity contribution in [2.45, 2.75) is 5.92 Å². The second-order valence-corrected chi connectivity index (χ2v) is 4.82. The average molecular weight is 260 g/mol. The van der Waals surface area contributed by atoms with Crippen molar-refractivity contribution in [3.63, 3.8) is 0 Å². The number of benzene rings is 2. The van der Waals surface area contributed by atoms with E-state index < -0.39 is 0 Å². The molecule has 2 aromatic carbocycles. The van der Waals surface area contributed by atoms with Gasteiger partial charge in [0, 0.05) is 28.6 Å². The molecule has 0 aliphatic heterocycles. The van der Waals surface area contributed by atoms with Crippen LogP contribution in [0, 0.1) is 0 Å². The molecule has 92 valence electrons. The first kappa shape index (κ1) is 11.6. The number of rotatable bonds is 2. The van der Waals surface area contributed by atoms with Crippen LogP contribution in [0.25, 0.3) is 11.1 Å². The topological polar surface area (TPSA) is 35.2 Å². The van der Waals surface area contributed by atoms with E-state index in [-0.39, 0.29) is 5.92 Å². The maximum Gasteiger partial charge on any atom is 0.127 e. The van der Waals surface area contributed by atoms with Gasteiger partial charge in [-0.1, -0.05) is 35.9 Å². The maximum atomic E-state index is 6.35. The van der Waals surface area contributed by atoms with Crippen molar-refractivity contribution in [2.75, 3.05) is 13.7 Å². The van der Waals surface area contributed by atoms with Crippen LogP contribution in [0.15, 0.2) is 36.4 Å². The van der Waals surface area contributed by atoms with E-state index >= 15 is 0 Å². The monoisotopic (exact) mass is 259 g/mol. The minimum atomic E-state index is 0.212. The van der Waals surface area contributed by atoms with Crippen LogP contribution in [0.1, 0.15) is 17.0 Å². The van der Waals surface area contributed by atoms with Crippen LogP contribution in [0.5, 0.6) is 5.75 Å². The van der Waals surface area contributed by atoms with Crippen molar-refractivity contribution in [3.05, 3.63) is 52.5 Å². The number of hydrogen-bond donors (Lipinski definition) is 1. The summed E-state index contributed by atoms with van der Waals surface area (Å²) < 4.78 is 5.46. The molecule has 0 saturated carbocycles. The Morgan fingerprint density at radius 3 is 2.44 bits per heavy atom. The highest BCUT2D eigenvalue weighted by Crippen LogP contribution is 2.51. The molecule has 2 aromatic rings. The summed E-state index contributed by atoms with van der Waals surface area (Å²) in [5, 5.41) is 0.759. The summed E-state index contributed by atoms with van der Waals surface area (Å²) >= 11 is 6.35. The minimum absolute atomic E-state index is 0.212. The van der Waals surface area contributed by atoms with Crippen molar-refractivity contribution < 1.29 is 4.74 Å². The highest BCUT2D eigenvalue weighted by atomic mass is 35.5. The van der Waals surface area contributed by atoms with Crippen LogP contribution in [-0.4, -0.2) is 13.7 Å². The van der Waals surface area contributed by atoms with Gasteiger partial charge in [0.05, 0.1) is 7.11 Å². The van der Waals surface area contributed by atoms with E-state index in [4.69, 9.17) is 22.1 Å². The molecule has 0 fully saturated rings. The summed E-state index contributed by atoms with van der Waals surface area (Å²) in [5.41, 5.74) is 10.5. The Morgan fingerprint density at radius 1 is 1.11 bits per heavy atom. The predicted molar refractivity (Wildman–Crippen MR) is 74.3 cm³/mol. The second-order valence-electron chi connectivity index (χ2n) is 4.42. The van der Waals surface area contributed by atoms with E-state index in [1.54, 1.807) is 7.11 Å². The van der Waals surface area contributed by atoms with Gasteiger partial charge in [-0.15, -0.1) is 0 Å². The highest BCUT2D eigenvalue weighted by Gasteiger charge is 2.31. The highest BCUT2D eigenvalue weighted by molar-refractivity contribution is 6.34. The zero-order valence-electron chi connectivity index (χ0n) is 10.1. The first-order chi connectivity index (χ1) is 8.77. The lowest BCUT2D eigenvalue weighted by atomic mass is 9.97. The van der Waals surface area contributed by atoms with Crippen LogP contribution in [0.3, 0.4) is 0 Å². The molecule has 18 heavy (non-hydrogen) atoms. The van der Waals surface area contributed by atoms with Gasteiger partial charge in [0.1, 0.15) is 5.75 Å². The van der Waals surface area contributed by atoms with Crippen molar-refractivity contribution in [2.24, 2.45) is 5.73 Å². The Kier molecular flexibility index (Phi) is 2.77. The predicted octanol–water partition coefficient (Wildman–Crippen LogP) is 3.42. The average Bonchev–Trinajstić information content (AvgIpc) is 2.73. The molecule has 0 amide bonds. The molecular weight excluding hydrogens is 246 g/mol. The van der Waals surface area contributed by atoms with E-state index in [1.165, 1.54) is 11.1 Å².